The van der Waals surface area contributed by atoms with E-state index in [1.165, 1.54) is 19.2 Å². The average Bonchev–Trinajstić information content (AvgIpc) is 2.58. The van der Waals surface area contributed by atoms with Gasteiger partial charge < -0.3 is 15.8 Å². The van der Waals surface area contributed by atoms with Crippen LogP contribution in [-0.2, 0) is 17.5 Å². The van der Waals surface area contributed by atoms with Crippen molar-refractivity contribution in [3.05, 3.63) is 64.7 Å². The molecular weight excluding hydrogens is 369 g/mol. The van der Waals surface area contributed by atoms with E-state index < -0.39 is 23.7 Å². The number of alkyl halides is 3. The van der Waals surface area contributed by atoms with Gasteiger partial charge in [0.05, 0.1) is 12.7 Å². The largest absolute Gasteiger partial charge is 0.497 e. The van der Waals surface area contributed by atoms with E-state index in [1.807, 2.05) is 19.1 Å². The summed E-state index contributed by atoms with van der Waals surface area (Å²) in [7, 11) is 1.29. The van der Waals surface area contributed by atoms with Gasteiger partial charge in [0.15, 0.2) is 0 Å². The summed E-state index contributed by atoms with van der Waals surface area (Å²) in [4.78, 5) is 12.1. The molecule has 0 aliphatic heterocycles. The lowest BCUT2D eigenvalue weighted by Gasteiger charge is -2.17. The lowest BCUT2D eigenvalue weighted by Crippen LogP contribution is -2.34. The number of nitrogens with one attached hydrogen (secondary N) is 1. The van der Waals surface area contributed by atoms with Crippen LogP contribution in [0.5, 0.6) is 5.75 Å². The Balaban J connectivity index is 0.00000338. The van der Waals surface area contributed by atoms with Crippen molar-refractivity contribution in [3.63, 3.8) is 0 Å². The molecule has 2 aromatic carbocycles. The van der Waals surface area contributed by atoms with Crippen LogP contribution in [0.2, 0.25) is 0 Å². The average molecular weight is 389 g/mol. The van der Waals surface area contributed by atoms with E-state index in [-0.39, 0.29) is 30.3 Å². The smallest absolute Gasteiger partial charge is 0.416 e. The molecule has 4 nitrogen and oxygen atoms in total. The van der Waals surface area contributed by atoms with Crippen LogP contribution < -0.4 is 15.8 Å². The number of nitrogens with two attached hydrogens (primary N) is 1. The van der Waals surface area contributed by atoms with Gasteiger partial charge in [0.25, 0.3) is 0 Å². The molecule has 0 aliphatic rings. The first kappa shape index (κ1) is 21.8. The minimum atomic E-state index is -4.55. The molecule has 0 aliphatic carbocycles. The first-order valence-corrected chi connectivity index (χ1v) is 7.56. The number of carbonyl (C=O) groups is 1. The second kappa shape index (κ2) is 8.91. The van der Waals surface area contributed by atoms with Gasteiger partial charge >= 0.3 is 6.18 Å². The molecule has 0 spiro atoms. The Labute approximate surface area is 155 Å². The number of rotatable bonds is 5. The predicted molar refractivity (Wildman–Crippen MR) is 95.2 cm³/mol. The molecule has 0 fully saturated rings. The van der Waals surface area contributed by atoms with Crippen LogP contribution in [-0.4, -0.2) is 13.0 Å². The molecule has 8 heteroatoms. The standard InChI is InChI=1S/C18H19F3N2O2.ClH/c1-11-3-5-12(6-4-11)16(22)17(24)23-10-13-7-8-14(25-2)9-15(13)18(19,20)21;/h3-9,16H,10,22H2,1-2H3,(H,23,24);1H. The fraction of sp³-hybridized carbons (Fsp3) is 0.278. The first-order valence-electron chi connectivity index (χ1n) is 7.56. The van der Waals surface area contributed by atoms with Gasteiger partial charge in [0.1, 0.15) is 11.8 Å². The van der Waals surface area contributed by atoms with Crippen LogP contribution in [0.1, 0.15) is 28.3 Å². The number of ether oxygens (including phenoxy) is 1. The monoisotopic (exact) mass is 388 g/mol. The summed E-state index contributed by atoms with van der Waals surface area (Å²) in [6.07, 6.45) is -4.55. The second-order valence-corrected chi connectivity index (χ2v) is 5.63. The third-order valence-electron chi connectivity index (χ3n) is 3.79. The summed E-state index contributed by atoms with van der Waals surface area (Å²) >= 11 is 0. The van der Waals surface area contributed by atoms with Gasteiger partial charge in [-0.25, -0.2) is 0 Å². The molecule has 0 bridgehead atoms. The molecule has 0 saturated carbocycles. The molecule has 1 atom stereocenters. The SMILES string of the molecule is COc1ccc(CNC(=O)C(N)c2ccc(C)cc2)c(C(F)(F)F)c1.Cl. The van der Waals surface area contributed by atoms with Gasteiger partial charge in [-0.2, -0.15) is 13.2 Å². The van der Waals surface area contributed by atoms with E-state index in [0.717, 1.165) is 11.6 Å². The molecule has 1 unspecified atom stereocenters. The number of hydrogen-bond donors (Lipinski definition) is 2. The van der Waals surface area contributed by atoms with Crippen molar-refractivity contribution in [3.8, 4) is 5.75 Å². The van der Waals surface area contributed by atoms with Crippen molar-refractivity contribution >= 4 is 18.3 Å². The van der Waals surface area contributed by atoms with Crippen LogP contribution in [0, 0.1) is 6.92 Å². The van der Waals surface area contributed by atoms with Gasteiger partial charge in [-0.1, -0.05) is 35.9 Å². The van der Waals surface area contributed by atoms with Gasteiger partial charge in [-0.15, -0.1) is 12.4 Å². The summed E-state index contributed by atoms with van der Waals surface area (Å²) < 4.78 is 44.3. The summed E-state index contributed by atoms with van der Waals surface area (Å²) in [6.45, 7) is 1.62. The van der Waals surface area contributed by atoms with Gasteiger partial charge in [-0.3, -0.25) is 4.79 Å². The highest BCUT2D eigenvalue weighted by Gasteiger charge is 2.34. The van der Waals surface area contributed by atoms with Crippen molar-refractivity contribution < 1.29 is 22.7 Å². The van der Waals surface area contributed by atoms with Crippen LogP contribution in [0.4, 0.5) is 13.2 Å². The van der Waals surface area contributed by atoms with Crippen molar-refractivity contribution in [1.82, 2.24) is 5.32 Å². The number of carbonyl (C=O) groups excluding carboxylic acids is 1. The Morgan fingerprint density at radius 2 is 1.81 bits per heavy atom. The number of benzene rings is 2. The second-order valence-electron chi connectivity index (χ2n) is 5.63. The minimum Gasteiger partial charge on any atom is -0.497 e. The molecule has 0 saturated heterocycles. The molecule has 0 aromatic heterocycles. The number of amides is 1. The van der Waals surface area contributed by atoms with E-state index in [4.69, 9.17) is 10.5 Å². The highest BCUT2D eigenvalue weighted by molar-refractivity contribution is 5.85. The molecule has 2 aromatic rings. The number of methoxy groups -OCH3 is 1. The van der Waals surface area contributed by atoms with E-state index >= 15 is 0 Å². The van der Waals surface area contributed by atoms with Crippen molar-refractivity contribution in [1.29, 1.82) is 0 Å². The number of hydrogen-bond acceptors (Lipinski definition) is 3. The molecule has 0 heterocycles. The lowest BCUT2D eigenvalue weighted by molar-refractivity contribution is -0.138. The van der Waals surface area contributed by atoms with E-state index in [0.29, 0.717) is 5.56 Å². The third-order valence-corrected chi connectivity index (χ3v) is 3.79. The zero-order chi connectivity index (χ0) is 18.6. The molecule has 1 amide bonds. The molecule has 3 N–H and O–H groups in total. The predicted octanol–water partition coefficient (Wildman–Crippen LogP) is 3.76. The lowest BCUT2D eigenvalue weighted by atomic mass is 10.0. The zero-order valence-corrected chi connectivity index (χ0v) is 15.1. The quantitative estimate of drug-likeness (QED) is 0.819. The maximum absolute atomic E-state index is 13.2. The Morgan fingerprint density at radius 3 is 2.35 bits per heavy atom. The van der Waals surface area contributed by atoms with Crippen LogP contribution in [0.3, 0.4) is 0 Å². The number of halogens is 4. The Kier molecular flexibility index (Phi) is 7.47. The zero-order valence-electron chi connectivity index (χ0n) is 14.3. The summed E-state index contributed by atoms with van der Waals surface area (Å²) in [5.74, 6) is -0.452. The summed E-state index contributed by atoms with van der Waals surface area (Å²) in [6, 6.07) is 9.70. The van der Waals surface area contributed by atoms with Crippen molar-refractivity contribution in [2.45, 2.75) is 25.7 Å². The van der Waals surface area contributed by atoms with Gasteiger partial charge in [0.2, 0.25) is 5.91 Å². The Hall–Kier alpha value is -2.25. The number of aryl methyl sites for hydroxylation is 1. The Morgan fingerprint density at radius 1 is 1.19 bits per heavy atom. The van der Waals surface area contributed by atoms with Crippen LogP contribution in [0.15, 0.2) is 42.5 Å². The van der Waals surface area contributed by atoms with Crippen LogP contribution in [0.25, 0.3) is 0 Å². The fourth-order valence-electron chi connectivity index (χ4n) is 2.32. The van der Waals surface area contributed by atoms with E-state index in [2.05, 4.69) is 5.32 Å². The highest BCUT2D eigenvalue weighted by Crippen LogP contribution is 2.34. The van der Waals surface area contributed by atoms with E-state index in [1.54, 1.807) is 12.1 Å². The molecule has 2 rings (SSSR count). The van der Waals surface area contributed by atoms with E-state index in [9.17, 15) is 18.0 Å². The minimum absolute atomic E-state index is 0. The van der Waals surface area contributed by atoms with Crippen molar-refractivity contribution in [2.75, 3.05) is 7.11 Å². The molecule has 0 radical (unpaired) electrons. The summed E-state index contributed by atoms with van der Waals surface area (Å²) in [5.41, 5.74) is 6.57. The molecule has 142 valence electrons. The molecule has 26 heavy (non-hydrogen) atoms. The Bertz CT molecular complexity index is 749. The highest BCUT2D eigenvalue weighted by atomic mass is 35.5. The maximum atomic E-state index is 13.2. The van der Waals surface area contributed by atoms with Crippen LogP contribution >= 0.6 is 12.4 Å². The normalized spacial score (nSPS) is 12.1. The van der Waals surface area contributed by atoms with Gasteiger partial charge in [-0.05, 0) is 30.2 Å². The van der Waals surface area contributed by atoms with Gasteiger partial charge in [0, 0.05) is 6.54 Å². The topological polar surface area (TPSA) is 64.3 Å². The first-order chi connectivity index (χ1) is 11.7. The van der Waals surface area contributed by atoms with Crippen molar-refractivity contribution in [2.24, 2.45) is 5.73 Å². The molecular formula is C18H20ClF3N2O2. The third kappa shape index (κ3) is 5.37. The fourth-order valence-corrected chi connectivity index (χ4v) is 2.32. The summed E-state index contributed by atoms with van der Waals surface area (Å²) in [5, 5.41) is 2.46. The maximum Gasteiger partial charge on any atom is 0.416 e.